The molecule has 0 spiro atoms. The van der Waals surface area contributed by atoms with E-state index in [9.17, 15) is 8.42 Å². The highest BCUT2D eigenvalue weighted by atomic mass is 32.2. The molecule has 3 aromatic rings. The van der Waals surface area contributed by atoms with E-state index in [1.807, 2.05) is 32.0 Å². The van der Waals surface area contributed by atoms with Gasteiger partial charge in [0.1, 0.15) is 4.21 Å². The normalized spacial score (nSPS) is 15.3. The fourth-order valence-electron chi connectivity index (χ4n) is 3.52. The van der Waals surface area contributed by atoms with Crippen molar-refractivity contribution in [1.82, 2.24) is 4.98 Å². The van der Waals surface area contributed by atoms with E-state index in [1.165, 1.54) is 24.2 Å². The largest absolute Gasteiger partial charge is 0.440 e. The third-order valence-electron chi connectivity index (χ3n) is 5.03. The molecule has 0 saturated heterocycles. The minimum Gasteiger partial charge on any atom is -0.440 e. The van der Waals surface area contributed by atoms with Gasteiger partial charge in [-0.15, -0.1) is 11.3 Å². The smallest absolute Gasteiger partial charge is 0.271 e. The summed E-state index contributed by atoms with van der Waals surface area (Å²) in [5.41, 5.74) is 2.43. The first kappa shape index (κ1) is 18.3. The summed E-state index contributed by atoms with van der Waals surface area (Å²) in [5, 5.41) is 0. The minimum absolute atomic E-state index is 0.263. The number of oxazole rings is 1. The lowest BCUT2D eigenvalue weighted by Crippen LogP contribution is -2.13. The molecule has 2 heterocycles. The average Bonchev–Trinajstić information content (AvgIpc) is 3.38. The van der Waals surface area contributed by atoms with Crippen molar-refractivity contribution < 1.29 is 12.8 Å². The van der Waals surface area contributed by atoms with Crippen LogP contribution in [-0.2, 0) is 10.0 Å². The first-order valence-electron chi connectivity index (χ1n) is 9.09. The summed E-state index contributed by atoms with van der Waals surface area (Å²) in [5.74, 6) is 1.80. The SMILES string of the molecule is Cc1cccc(C)c1NS(=O)(=O)c1ccc(-c2cnc(C3CCCC3)o2)s1. The van der Waals surface area contributed by atoms with Crippen LogP contribution in [0, 0.1) is 13.8 Å². The highest BCUT2D eigenvalue weighted by molar-refractivity contribution is 7.94. The van der Waals surface area contributed by atoms with E-state index in [4.69, 9.17) is 4.42 Å². The Labute approximate surface area is 163 Å². The molecule has 142 valence electrons. The number of hydrogen-bond donors (Lipinski definition) is 1. The van der Waals surface area contributed by atoms with Gasteiger partial charge in [0.25, 0.3) is 10.0 Å². The van der Waals surface area contributed by atoms with E-state index in [0.29, 0.717) is 17.4 Å². The maximum atomic E-state index is 12.8. The maximum absolute atomic E-state index is 12.8. The number of sulfonamides is 1. The molecule has 0 radical (unpaired) electrons. The maximum Gasteiger partial charge on any atom is 0.271 e. The second-order valence-corrected chi connectivity index (χ2v) is 10.0. The lowest BCUT2D eigenvalue weighted by atomic mass is 10.1. The van der Waals surface area contributed by atoms with E-state index in [-0.39, 0.29) is 4.21 Å². The number of hydrogen-bond acceptors (Lipinski definition) is 5. The number of thiophene rings is 1. The number of nitrogens with zero attached hydrogens (tertiary/aromatic N) is 1. The molecule has 0 unspecified atom stereocenters. The predicted molar refractivity (Wildman–Crippen MR) is 108 cm³/mol. The van der Waals surface area contributed by atoms with Crippen molar-refractivity contribution in [2.45, 2.75) is 49.7 Å². The van der Waals surface area contributed by atoms with Crippen molar-refractivity contribution in [3.8, 4) is 10.6 Å². The van der Waals surface area contributed by atoms with Crippen LogP contribution < -0.4 is 4.72 Å². The molecule has 1 aliphatic rings. The van der Waals surface area contributed by atoms with Gasteiger partial charge in [-0.3, -0.25) is 4.72 Å². The van der Waals surface area contributed by atoms with Gasteiger partial charge in [0.15, 0.2) is 11.7 Å². The second kappa shape index (κ2) is 7.13. The Balaban J connectivity index is 1.58. The van der Waals surface area contributed by atoms with Gasteiger partial charge in [0, 0.05) is 5.92 Å². The molecular formula is C20H22N2O3S2. The van der Waals surface area contributed by atoms with E-state index < -0.39 is 10.0 Å². The zero-order chi connectivity index (χ0) is 19.0. The van der Waals surface area contributed by atoms with Crippen LogP contribution in [0.4, 0.5) is 5.69 Å². The second-order valence-electron chi connectivity index (χ2n) is 7.04. The Morgan fingerprint density at radius 1 is 1.11 bits per heavy atom. The molecule has 0 aliphatic heterocycles. The third kappa shape index (κ3) is 3.66. The predicted octanol–water partition coefficient (Wildman–Crippen LogP) is 5.48. The highest BCUT2D eigenvalue weighted by Gasteiger charge is 2.24. The summed E-state index contributed by atoms with van der Waals surface area (Å²) < 4.78 is 34.5. The van der Waals surface area contributed by atoms with Gasteiger partial charge in [-0.25, -0.2) is 13.4 Å². The molecule has 1 saturated carbocycles. The fourth-order valence-corrected chi connectivity index (χ4v) is 5.98. The number of rotatable bonds is 5. The summed E-state index contributed by atoms with van der Waals surface area (Å²) in [6.07, 6.45) is 6.36. The third-order valence-corrected chi connectivity index (χ3v) is 7.98. The van der Waals surface area contributed by atoms with Gasteiger partial charge in [0.2, 0.25) is 0 Å². The van der Waals surface area contributed by atoms with E-state index in [0.717, 1.165) is 34.7 Å². The van der Waals surface area contributed by atoms with Crippen LogP contribution >= 0.6 is 11.3 Å². The van der Waals surface area contributed by atoms with Crippen molar-refractivity contribution in [2.75, 3.05) is 4.72 Å². The molecular weight excluding hydrogens is 380 g/mol. The van der Waals surface area contributed by atoms with Gasteiger partial charge >= 0.3 is 0 Å². The Kier molecular flexibility index (Phi) is 4.82. The molecule has 0 atom stereocenters. The number of aromatic nitrogens is 1. The molecule has 1 aromatic carbocycles. The Bertz CT molecular complexity index is 1040. The lowest BCUT2D eigenvalue weighted by Gasteiger charge is -2.11. The van der Waals surface area contributed by atoms with Crippen molar-refractivity contribution in [2.24, 2.45) is 0 Å². The number of nitrogens with one attached hydrogen (secondary N) is 1. The Hall–Kier alpha value is -2.12. The Morgan fingerprint density at radius 2 is 1.81 bits per heavy atom. The molecule has 1 aliphatic carbocycles. The first-order chi connectivity index (χ1) is 12.9. The standard InChI is InChI=1S/C20H22N2O3S2/c1-13-6-5-7-14(2)19(13)22-27(23,24)18-11-10-17(26-18)16-12-21-20(25-16)15-8-3-4-9-15/h5-7,10-12,15,22H,3-4,8-9H2,1-2H3. The number of aryl methyl sites for hydroxylation is 2. The number of benzene rings is 1. The van der Waals surface area contributed by atoms with Gasteiger partial charge in [-0.05, 0) is 49.9 Å². The minimum atomic E-state index is -3.65. The molecule has 2 aromatic heterocycles. The fraction of sp³-hybridized carbons (Fsp3) is 0.350. The van der Waals surface area contributed by atoms with Crippen molar-refractivity contribution in [3.05, 3.63) is 53.5 Å². The van der Waals surface area contributed by atoms with E-state index in [1.54, 1.807) is 18.3 Å². The monoisotopic (exact) mass is 402 g/mol. The van der Waals surface area contributed by atoms with Gasteiger partial charge in [-0.2, -0.15) is 0 Å². The van der Waals surface area contributed by atoms with Crippen LogP contribution in [-0.4, -0.2) is 13.4 Å². The zero-order valence-electron chi connectivity index (χ0n) is 15.4. The van der Waals surface area contributed by atoms with Crippen LogP contribution in [0.3, 0.4) is 0 Å². The molecule has 0 bridgehead atoms. The number of anilines is 1. The first-order valence-corrected chi connectivity index (χ1v) is 11.4. The van der Waals surface area contributed by atoms with E-state index in [2.05, 4.69) is 9.71 Å². The van der Waals surface area contributed by atoms with Crippen molar-refractivity contribution in [3.63, 3.8) is 0 Å². The van der Waals surface area contributed by atoms with Gasteiger partial charge in [0.05, 0.1) is 16.8 Å². The van der Waals surface area contributed by atoms with Gasteiger partial charge < -0.3 is 4.42 Å². The summed E-state index contributed by atoms with van der Waals surface area (Å²) >= 11 is 1.20. The molecule has 1 fully saturated rings. The highest BCUT2D eigenvalue weighted by Crippen LogP contribution is 2.37. The summed E-state index contributed by atoms with van der Waals surface area (Å²) in [7, 11) is -3.65. The molecule has 0 amide bonds. The van der Waals surface area contributed by atoms with Crippen LogP contribution in [0.25, 0.3) is 10.6 Å². The van der Waals surface area contributed by atoms with Crippen molar-refractivity contribution >= 4 is 27.0 Å². The summed E-state index contributed by atoms with van der Waals surface area (Å²) in [6.45, 7) is 3.79. The zero-order valence-corrected chi connectivity index (χ0v) is 17.0. The van der Waals surface area contributed by atoms with Crippen LogP contribution in [0.2, 0.25) is 0 Å². The lowest BCUT2D eigenvalue weighted by molar-refractivity contribution is 0.458. The van der Waals surface area contributed by atoms with E-state index >= 15 is 0 Å². The van der Waals surface area contributed by atoms with Crippen molar-refractivity contribution in [1.29, 1.82) is 0 Å². The average molecular weight is 403 g/mol. The summed E-state index contributed by atoms with van der Waals surface area (Å²) in [6, 6.07) is 9.10. The Morgan fingerprint density at radius 3 is 2.52 bits per heavy atom. The number of para-hydroxylation sites is 1. The van der Waals surface area contributed by atoms with Crippen LogP contribution in [0.15, 0.2) is 45.2 Å². The quantitative estimate of drug-likeness (QED) is 0.613. The molecule has 1 N–H and O–H groups in total. The topological polar surface area (TPSA) is 72.2 Å². The molecule has 4 rings (SSSR count). The molecule has 7 heteroatoms. The van der Waals surface area contributed by atoms with Gasteiger partial charge in [-0.1, -0.05) is 31.0 Å². The molecule has 27 heavy (non-hydrogen) atoms. The van der Waals surface area contributed by atoms with Crippen LogP contribution in [0.5, 0.6) is 0 Å². The van der Waals surface area contributed by atoms with Crippen LogP contribution in [0.1, 0.15) is 48.6 Å². The summed E-state index contributed by atoms with van der Waals surface area (Å²) in [4.78, 5) is 5.18. The molecule has 5 nitrogen and oxygen atoms in total.